The highest BCUT2D eigenvalue weighted by Crippen LogP contribution is 2.17. The van der Waals surface area contributed by atoms with Gasteiger partial charge in [0.25, 0.3) is 11.3 Å². The van der Waals surface area contributed by atoms with Crippen molar-refractivity contribution in [3.63, 3.8) is 0 Å². The first-order valence-corrected chi connectivity index (χ1v) is 7.05. The highest BCUT2D eigenvalue weighted by atomic mass is 16.5. The second-order valence-electron chi connectivity index (χ2n) is 5.12. The number of ether oxygens (including phenoxy) is 1. The molecule has 4 rings (SSSR count). The summed E-state index contributed by atoms with van der Waals surface area (Å²) >= 11 is 0. The molecule has 0 saturated heterocycles. The van der Waals surface area contributed by atoms with Gasteiger partial charge in [-0.05, 0) is 37.3 Å². The minimum atomic E-state index is -0.143. The summed E-state index contributed by atoms with van der Waals surface area (Å²) in [5, 5.41) is 4.66. The number of aromatic nitrogens is 5. The average Bonchev–Trinajstić information content (AvgIpc) is 3.03. The van der Waals surface area contributed by atoms with Crippen molar-refractivity contribution in [2.75, 3.05) is 7.11 Å². The van der Waals surface area contributed by atoms with Gasteiger partial charge in [0.05, 0.1) is 23.7 Å². The van der Waals surface area contributed by atoms with Gasteiger partial charge in [0, 0.05) is 11.9 Å². The van der Waals surface area contributed by atoms with Gasteiger partial charge in [-0.3, -0.25) is 9.36 Å². The van der Waals surface area contributed by atoms with E-state index in [4.69, 9.17) is 4.74 Å². The lowest BCUT2D eigenvalue weighted by molar-refractivity contribution is 0.414. The minimum absolute atomic E-state index is 0.143. The van der Waals surface area contributed by atoms with E-state index in [0.29, 0.717) is 22.4 Å². The van der Waals surface area contributed by atoms with Crippen LogP contribution in [0.3, 0.4) is 0 Å². The number of pyridine rings is 1. The molecule has 1 aromatic carbocycles. The van der Waals surface area contributed by atoms with Crippen LogP contribution < -0.4 is 10.3 Å². The fraction of sp³-hybridized carbons (Fsp3) is 0.125. The molecule has 0 bridgehead atoms. The summed E-state index contributed by atoms with van der Waals surface area (Å²) in [6.45, 7) is 1.80. The van der Waals surface area contributed by atoms with E-state index >= 15 is 0 Å². The number of rotatable bonds is 2. The molecule has 7 heteroatoms. The fourth-order valence-electron chi connectivity index (χ4n) is 2.68. The predicted molar refractivity (Wildman–Crippen MR) is 85.2 cm³/mol. The molecule has 23 heavy (non-hydrogen) atoms. The van der Waals surface area contributed by atoms with Crippen molar-refractivity contribution in [3.8, 4) is 11.4 Å². The Bertz CT molecular complexity index is 1080. The SMILES string of the molecule is COc1ccc(-n2ccc3c(c(C)nc4ncnn43)c2=O)cc1. The topological polar surface area (TPSA) is 74.3 Å². The van der Waals surface area contributed by atoms with Gasteiger partial charge in [-0.1, -0.05) is 0 Å². The van der Waals surface area contributed by atoms with Crippen LogP contribution in [0, 0.1) is 6.92 Å². The van der Waals surface area contributed by atoms with Gasteiger partial charge < -0.3 is 4.74 Å². The maximum Gasteiger partial charge on any atom is 0.266 e. The second-order valence-corrected chi connectivity index (χ2v) is 5.12. The van der Waals surface area contributed by atoms with Gasteiger partial charge in [0.1, 0.15) is 12.1 Å². The molecule has 114 valence electrons. The summed E-state index contributed by atoms with van der Waals surface area (Å²) < 4.78 is 8.30. The van der Waals surface area contributed by atoms with Gasteiger partial charge in [-0.25, -0.2) is 4.98 Å². The second kappa shape index (κ2) is 4.91. The lowest BCUT2D eigenvalue weighted by Gasteiger charge is -2.09. The quantitative estimate of drug-likeness (QED) is 0.564. The van der Waals surface area contributed by atoms with Crippen LogP contribution in [0.5, 0.6) is 5.75 Å². The van der Waals surface area contributed by atoms with E-state index in [-0.39, 0.29) is 5.56 Å². The van der Waals surface area contributed by atoms with Crippen molar-refractivity contribution in [1.29, 1.82) is 0 Å². The molecule has 3 heterocycles. The monoisotopic (exact) mass is 307 g/mol. The van der Waals surface area contributed by atoms with Crippen LogP contribution in [-0.2, 0) is 0 Å². The molecule has 0 atom stereocenters. The van der Waals surface area contributed by atoms with Gasteiger partial charge in [0.2, 0.25) is 0 Å². The van der Waals surface area contributed by atoms with E-state index in [1.807, 2.05) is 30.3 Å². The van der Waals surface area contributed by atoms with Gasteiger partial charge >= 0.3 is 0 Å². The molecule has 4 aromatic rings. The number of methoxy groups -OCH3 is 1. The standard InChI is InChI=1S/C16H13N5O2/c1-10-14-13(21-16(19-10)17-9-18-21)7-8-20(15(14)22)11-3-5-12(23-2)6-4-11/h3-9H,1-2H3. The van der Waals surface area contributed by atoms with Gasteiger partial charge in [-0.15, -0.1) is 0 Å². The summed E-state index contributed by atoms with van der Waals surface area (Å²) in [6.07, 6.45) is 3.16. The van der Waals surface area contributed by atoms with E-state index in [1.165, 1.54) is 6.33 Å². The fourth-order valence-corrected chi connectivity index (χ4v) is 2.68. The Balaban J connectivity index is 2.02. The molecule has 0 aliphatic heterocycles. The smallest absolute Gasteiger partial charge is 0.266 e. The molecule has 0 aliphatic rings. The Morgan fingerprint density at radius 1 is 1.13 bits per heavy atom. The predicted octanol–water partition coefficient (Wildman–Crippen LogP) is 1.75. The third kappa shape index (κ3) is 1.97. The first kappa shape index (κ1) is 13.4. The summed E-state index contributed by atoms with van der Waals surface area (Å²) in [6, 6.07) is 9.15. The average molecular weight is 307 g/mol. The molecule has 0 unspecified atom stereocenters. The number of aryl methyl sites for hydroxylation is 1. The summed E-state index contributed by atoms with van der Waals surface area (Å²) in [4.78, 5) is 21.3. The third-order valence-electron chi connectivity index (χ3n) is 3.81. The summed E-state index contributed by atoms with van der Waals surface area (Å²) in [5.74, 6) is 1.22. The largest absolute Gasteiger partial charge is 0.497 e. The third-order valence-corrected chi connectivity index (χ3v) is 3.81. The lowest BCUT2D eigenvalue weighted by Crippen LogP contribution is -2.20. The number of nitrogens with zero attached hydrogens (tertiary/aromatic N) is 5. The zero-order chi connectivity index (χ0) is 16.0. The Morgan fingerprint density at radius 3 is 2.65 bits per heavy atom. The van der Waals surface area contributed by atoms with Crippen molar-refractivity contribution in [1.82, 2.24) is 24.1 Å². The van der Waals surface area contributed by atoms with E-state index in [1.54, 1.807) is 29.3 Å². The normalized spacial score (nSPS) is 11.2. The van der Waals surface area contributed by atoms with Gasteiger partial charge in [0.15, 0.2) is 0 Å². The van der Waals surface area contributed by atoms with Crippen molar-refractivity contribution < 1.29 is 4.74 Å². The van der Waals surface area contributed by atoms with Crippen molar-refractivity contribution in [2.24, 2.45) is 0 Å². The van der Waals surface area contributed by atoms with E-state index in [9.17, 15) is 4.79 Å². The van der Waals surface area contributed by atoms with E-state index in [0.717, 1.165) is 11.4 Å². The Hall–Kier alpha value is -3.22. The molecule has 0 aliphatic carbocycles. The molecular formula is C16H13N5O2. The Morgan fingerprint density at radius 2 is 1.91 bits per heavy atom. The van der Waals surface area contributed by atoms with Crippen LogP contribution >= 0.6 is 0 Å². The summed E-state index contributed by atoms with van der Waals surface area (Å²) in [7, 11) is 1.61. The highest BCUT2D eigenvalue weighted by molar-refractivity contribution is 5.82. The zero-order valence-corrected chi connectivity index (χ0v) is 12.6. The summed E-state index contributed by atoms with van der Waals surface area (Å²) in [5.41, 5.74) is 1.94. The molecule has 7 nitrogen and oxygen atoms in total. The van der Waals surface area contributed by atoms with Crippen LogP contribution in [0.15, 0.2) is 47.7 Å². The number of hydrogen-bond donors (Lipinski definition) is 0. The van der Waals surface area contributed by atoms with Crippen LogP contribution in [0.4, 0.5) is 0 Å². The first-order valence-electron chi connectivity index (χ1n) is 7.05. The van der Waals surface area contributed by atoms with Crippen molar-refractivity contribution in [2.45, 2.75) is 6.92 Å². The number of fused-ring (bicyclic) bond motifs is 3. The zero-order valence-electron chi connectivity index (χ0n) is 12.6. The maximum atomic E-state index is 12.9. The maximum absolute atomic E-state index is 12.9. The Labute approximate surface area is 130 Å². The minimum Gasteiger partial charge on any atom is -0.497 e. The molecule has 3 aromatic heterocycles. The molecule has 0 radical (unpaired) electrons. The Kier molecular flexibility index (Phi) is 2.87. The van der Waals surface area contributed by atoms with Crippen LogP contribution in [0.25, 0.3) is 22.4 Å². The van der Waals surface area contributed by atoms with E-state index < -0.39 is 0 Å². The molecular weight excluding hydrogens is 294 g/mol. The van der Waals surface area contributed by atoms with Crippen molar-refractivity contribution in [3.05, 3.63) is 58.9 Å². The molecule has 0 fully saturated rings. The molecule has 0 spiro atoms. The number of hydrogen-bond acceptors (Lipinski definition) is 5. The van der Waals surface area contributed by atoms with Crippen LogP contribution in [0.1, 0.15) is 5.69 Å². The highest BCUT2D eigenvalue weighted by Gasteiger charge is 2.13. The van der Waals surface area contributed by atoms with Crippen LogP contribution in [0.2, 0.25) is 0 Å². The first-order chi connectivity index (χ1) is 11.2. The van der Waals surface area contributed by atoms with Crippen LogP contribution in [-0.4, -0.2) is 31.3 Å². The number of benzene rings is 1. The molecule has 0 N–H and O–H groups in total. The lowest BCUT2D eigenvalue weighted by atomic mass is 10.2. The van der Waals surface area contributed by atoms with E-state index in [2.05, 4.69) is 15.1 Å². The molecule has 0 saturated carbocycles. The molecule has 0 amide bonds. The van der Waals surface area contributed by atoms with Crippen molar-refractivity contribution >= 4 is 16.7 Å². The van der Waals surface area contributed by atoms with Gasteiger partial charge in [-0.2, -0.15) is 14.6 Å².